The third-order valence-electron chi connectivity index (χ3n) is 4.68. The zero-order valence-electron chi connectivity index (χ0n) is 15.6. The Balaban J connectivity index is 1.58. The Labute approximate surface area is 161 Å². The van der Waals surface area contributed by atoms with Gasteiger partial charge in [0.25, 0.3) is 5.56 Å². The second-order valence-corrected chi connectivity index (χ2v) is 8.10. The van der Waals surface area contributed by atoms with Crippen LogP contribution in [0.25, 0.3) is 11.0 Å². The number of H-pyrrole nitrogens is 1. The first-order valence-electron chi connectivity index (χ1n) is 8.93. The first-order chi connectivity index (χ1) is 12.8. The van der Waals surface area contributed by atoms with Crippen molar-refractivity contribution in [1.82, 2.24) is 24.7 Å². The molecule has 0 radical (unpaired) electrons. The van der Waals surface area contributed by atoms with Crippen molar-refractivity contribution in [3.8, 4) is 0 Å². The van der Waals surface area contributed by atoms with Crippen molar-refractivity contribution >= 4 is 34.4 Å². The molecule has 142 valence electrons. The number of aromatic nitrogens is 5. The van der Waals surface area contributed by atoms with Crippen molar-refractivity contribution in [3.63, 3.8) is 0 Å². The van der Waals surface area contributed by atoms with Gasteiger partial charge >= 0.3 is 0 Å². The lowest BCUT2D eigenvalue weighted by Gasteiger charge is -2.35. The van der Waals surface area contributed by atoms with Gasteiger partial charge in [-0.1, -0.05) is 11.6 Å². The maximum atomic E-state index is 12.5. The van der Waals surface area contributed by atoms with E-state index in [-0.39, 0.29) is 11.1 Å². The summed E-state index contributed by atoms with van der Waals surface area (Å²) in [5.74, 6) is 1.49. The van der Waals surface area contributed by atoms with E-state index < -0.39 is 0 Å². The van der Waals surface area contributed by atoms with Crippen LogP contribution in [0.15, 0.2) is 29.3 Å². The summed E-state index contributed by atoms with van der Waals surface area (Å²) in [5.41, 5.74) is 0.203. The molecule has 4 rings (SSSR count). The van der Waals surface area contributed by atoms with Crippen molar-refractivity contribution in [2.75, 3.05) is 36.0 Å². The van der Waals surface area contributed by atoms with Gasteiger partial charge in [-0.2, -0.15) is 10.1 Å². The Morgan fingerprint density at radius 3 is 2.41 bits per heavy atom. The molecular formula is C18H22ClN7O. The predicted molar refractivity (Wildman–Crippen MR) is 107 cm³/mol. The molecule has 9 heteroatoms. The van der Waals surface area contributed by atoms with Crippen molar-refractivity contribution < 1.29 is 0 Å². The normalized spacial score (nSPS) is 15.6. The molecule has 0 spiro atoms. The van der Waals surface area contributed by atoms with Gasteiger partial charge < -0.3 is 9.80 Å². The number of hydrogen-bond donors (Lipinski definition) is 1. The second-order valence-electron chi connectivity index (χ2n) is 7.66. The summed E-state index contributed by atoms with van der Waals surface area (Å²) in [5, 5.41) is 5.50. The number of anilines is 2. The molecule has 0 saturated carbocycles. The summed E-state index contributed by atoms with van der Waals surface area (Å²) < 4.78 is 1.80. The quantitative estimate of drug-likeness (QED) is 0.726. The SMILES string of the molecule is CC(C)(C)n1ncc2c(=O)[nH]c(N3CCN(c4ccc(Cl)cn4)CC3)nc21. The highest BCUT2D eigenvalue weighted by Crippen LogP contribution is 2.21. The fourth-order valence-electron chi connectivity index (χ4n) is 3.25. The van der Waals surface area contributed by atoms with Crippen LogP contribution in [0, 0.1) is 0 Å². The summed E-state index contributed by atoms with van der Waals surface area (Å²) in [4.78, 5) is 28.8. The van der Waals surface area contributed by atoms with E-state index in [1.54, 1.807) is 17.1 Å². The fraction of sp³-hybridized carbons (Fsp3) is 0.444. The van der Waals surface area contributed by atoms with Gasteiger partial charge in [0.2, 0.25) is 5.95 Å². The Morgan fingerprint density at radius 1 is 1.07 bits per heavy atom. The van der Waals surface area contributed by atoms with Crippen LogP contribution in [0.5, 0.6) is 0 Å². The number of piperazine rings is 1. The lowest BCUT2D eigenvalue weighted by molar-refractivity contribution is 0.366. The molecule has 27 heavy (non-hydrogen) atoms. The van der Waals surface area contributed by atoms with E-state index in [9.17, 15) is 4.79 Å². The van der Waals surface area contributed by atoms with Crippen molar-refractivity contribution in [3.05, 3.63) is 39.9 Å². The van der Waals surface area contributed by atoms with Gasteiger partial charge in [0.1, 0.15) is 11.2 Å². The van der Waals surface area contributed by atoms with Gasteiger partial charge in [0, 0.05) is 32.4 Å². The summed E-state index contributed by atoms with van der Waals surface area (Å²) >= 11 is 5.91. The molecule has 1 saturated heterocycles. The van der Waals surface area contributed by atoms with Crippen molar-refractivity contribution in [2.24, 2.45) is 0 Å². The standard InChI is InChI=1S/C18H22ClN7O/c1-18(2,3)26-15-13(11-21-26)16(27)23-17(22-15)25-8-6-24(7-9-25)14-5-4-12(19)10-20-14/h4-5,10-11H,6-9H2,1-3H3,(H,22,23,27). The third-order valence-corrected chi connectivity index (χ3v) is 4.90. The van der Waals surface area contributed by atoms with Gasteiger partial charge in [-0.05, 0) is 32.9 Å². The van der Waals surface area contributed by atoms with Crippen LogP contribution >= 0.6 is 11.6 Å². The van der Waals surface area contributed by atoms with Gasteiger partial charge in [-0.25, -0.2) is 9.67 Å². The molecule has 3 aromatic rings. The van der Waals surface area contributed by atoms with E-state index in [2.05, 4.69) is 24.9 Å². The summed E-state index contributed by atoms with van der Waals surface area (Å²) in [6.45, 7) is 9.17. The number of aromatic amines is 1. The van der Waals surface area contributed by atoms with Gasteiger partial charge in [-0.15, -0.1) is 0 Å². The minimum Gasteiger partial charge on any atom is -0.353 e. The van der Waals surface area contributed by atoms with E-state index in [1.165, 1.54) is 0 Å². The Kier molecular flexibility index (Phi) is 4.30. The first kappa shape index (κ1) is 17.8. The maximum absolute atomic E-state index is 12.5. The van der Waals surface area contributed by atoms with Crippen LogP contribution < -0.4 is 15.4 Å². The third kappa shape index (κ3) is 3.37. The highest BCUT2D eigenvalue weighted by atomic mass is 35.5. The predicted octanol–water partition coefficient (Wildman–Crippen LogP) is 2.25. The number of hydrogen-bond acceptors (Lipinski definition) is 6. The number of nitrogens with zero attached hydrogens (tertiary/aromatic N) is 6. The first-order valence-corrected chi connectivity index (χ1v) is 9.31. The maximum Gasteiger partial charge on any atom is 0.263 e. The van der Waals surface area contributed by atoms with E-state index in [0.717, 1.165) is 32.0 Å². The number of fused-ring (bicyclic) bond motifs is 1. The van der Waals surface area contributed by atoms with Crippen LogP contribution in [-0.4, -0.2) is 50.9 Å². The van der Waals surface area contributed by atoms with E-state index >= 15 is 0 Å². The Morgan fingerprint density at radius 2 is 1.78 bits per heavy atom. The monoisotopic (exact) mass is 387 g/mol. The van der Waals surface area contributed by atoms with Gasteiger partial charge in [0.05, 0.1) is 16.8 Å². The zero-order valence-corrected chi connectivity index (χ0v) is 16.4. The average molecular weight is 388 g/mol. The zero-order chi connectivity index (χ0) is 19.2. The average Bonchev–Trinajstić information content (AvgIpc) is 3.07. The highest BCUT2D eigenvalue weighted by Gasteiger charge is 2.23. The molecule has 4 heterocycles. The molecule has 0 atom stereocenters. The topological polar surface area (TPSA) is 82.9 Å². The molecule has 8 nitrogen and oxygen atoms in total. The summed E-state index contributed by atoms with van der Waals surface area (Å²) in [7, 11) is 0. The van der Waals surface area contributed by atoms with Crippen LogP contribution in [0.4, 0.5) is 11.8 Å². The van der Waals surface area contributed by atoms with E-state index in [4.69, 9.17) is 16.6 Å². The smallest absolute Gasteiger partial charge is 0.263 e. The van der Waals surface area contributed by atoms with Crippen LogP contribution in [0.3, 0.4) is 0 Å². The van der Waals surface area contributed by atoms with Crippen LogP contribution in [0.2, 0.25) is 5.02 Å². The number of halogens is 1. The highest BCUT2D eigenvalue weighted by molar-refractivity contribution is 6.30. The Hall–Kier alpha value is -2.61. The molecule has 1 N–H and O–H groups in total. The molecule has 1 aliphatic rings. The van der Waals surface area contributed by atoms with Crippen LogP contribution in [-0.2, 0) is 5.54 Å². The Bertz CT molecular complexity index is 1010. The molecular weight excluding hydrogens is 366 g/mol. The minimum atomic E-state index is -0.251. The molecule has 0 aliphatic carbocycles. The lowest BCUT2D eigenvalue weighted by atomic mass is 10.1. The molecule has 0 aromatic carbocycles. The lowest BCUT2D eigenvalue weighted by Crippen LogP contribution is -2.47. The molecule has 3 aromatic heterocycles. The fourth-order valence-corrected chi connectivity index (χ4v) is 3.36. The van der Waals surface area contributed by atoms with Crippen molar-refractivity contribution in [1.29, 1.82) is 0 Å². The number of nitrogens with one attached hydrogen (secondary N) is 1. The number of pyridine rings is 1. The van der Waals surface area contributed by atoms with E-state index in [0.29, 0.717) is 22.0 Å². The molecule has 1 fully saturated rings. The van der Waals surface area contributed by atoms with Crippen molar-refractivity contribution in [2.45, 2.75) is 26.3 Å². The second kappa shape index (κ2) is 6.53. The largest absolute Gasteiger partial charge is 0.353 e. The minimum absolute atomic E-state index is 0.160. The summed E-state index contributed by atoms with van der Waals surface area (Å²) in [6, 6.07) is 3.77. The van der Waals surface area contributed by atoms with Crippen LogP contribution in [0.1, 0.15) is 20.8 Å². The van der Waals surface area contributed by atoms with E-state index in [1.807, 2.05) is 32.9 Å². The molecule has 1 aliphatic heterocycles. The molecule has 0 bridgehead atoms. The number of rotatable bonds is 2. The molecule has 0 amide bonds. The van der Waals surface area contributed by atoms with Gasteiger partial charge in [-0.3, -0.25) is 9.78 Å². The van der Waals surface area contributed by atoms with Gasteiger partial charge in [0.15, 0.2) is 5.65 Å². The summed E-state index contributed by atoms with van der Waals surface area (Å²) in [6.07, 6.45) is 3.24. The molecule has 0 unspecified atom stereocenters.